The lowest BCUT2D eigenvalue weighted by Crippen LogP contribution is -2.47. The smallest absolute Gasteiger partial charge is 0.243 e. The van der Waals surface area contributed by atoms with E-state index in [4.69, 9.17) is 0 Å². The van der Waals surface area contributed by atoms with E-state index in [0.29, 0.717) is 25.8 Å². The lowest BCUT2D eigenvalue weighted by Gasteiger charge is -2.31. The zero-order chi connectivity index (χ0) is 22.0. The minimum Gasteiger partial charge on any atom is -0.361 e. The highest BCUT2D eigenvalue weighted by Crippen LogP contribution is 2.25. The Hall–Kier alpha value is -2.71. The zero-order valence-electron chi connectivity index (χ0n) is 17.3. The predicted octanol–water partition coefficient (Wildman–Crippen LogP) is 3.46. The lowest BCUT2D eigenvalue weighted by atomic mass is 9.98. The number of rotatable bonds is 6. The summed E-state index contributed by atoms with van der Waals surface area (Å²) < 4.78 is 40.3. The van der Waals surface area contributed by atoms with Crippen LogP contribution in [0.5, 0.6) is 0 Å². The zero-order valence-corrected chi connectivity index (χ0v) is 18.2. The summed E-state index contributed by atoms with van der Waals surface area (Å²) in [4.78, 5) is 16.2. The summed E-state index contributed by atoms with van der Waals surface area (Å²) in [5, 5.41) is 4.18. The number of H-pyrrole nitrogens is 1. The second kappa shape index (κ2) is 8.80. The number of para-hydroxylation sites is 1. The number of sulfonamides is 1. The highest BCUT2D eigenvalue weighted by molar-refractivity contribution is 7.89. The number of carbonyl (C=O) groups is 1. The van der Waals surface area contributed by atoms with Crippen LogP contribution in [0.15, 0.2) is 59.6 Å². The predicted molar refractivity (Wildman–Crippen MR) is 117 cm³/mol. The Morgan fingerprint density at radius 2 is 1.97 bits per heavy atom. The van der Waals surface area contributed by atoms with Gasteiger partial charge in [0, 0.05) is 36.2 Å². The van der Waals surface area contributed by atoms with E-state index in [1.54, 1.807) is 0 Å². The molecule has 164 valence electrons. The number of aromatic nitrogens is 1. The van der Waals surface area contributed by atoms with Gasteiger partial charge in [0.2, 0.25) is 15.9 Å². The minimum atomic E-state index is -3.76. The molecule has 2 heterocycles. The van der Waals surface area contributed by atoms with Crippen molar-refractivity contribution >= 4 is 26.8 Å². The Morgan fingerprint density at radius 3 is 2.74 bits per heavy atom. The van der Waals surface area contributed by atoms with Crippen molar-refractivity contribution in [2.75, 3.05) is 13.1 Å². The average molecular weight is 444 g/mol. The normalized spacial score (nSPS) is 18.7. The van der Waals surface area contributed by atoms with Crippen LogP contribution in [0.4, 0.5) is 4.39 Å². The first-order valence-corrected chi connectivity index (χ1v) is 11.9. The number of nitrogens with one attached hydrogen (secondary N) is 2. The van der Waals surface area contributed by atoms with Crippen LogP contribution in [-0.4, -0.2) is 42.7 Å². The van der Waals surface area contributed by atoms with Crippen LogP contribution >= 0.6 is 0 Å². The molecule has 31 heavy (non-hydrogen) atoms. The third kappa shape index (κ3) is 4.65. The SMILES string of the molecule is C[C@H](Cc1c[nH]c2ccccc12)NC(=O)[C@H]1CCCN(S(=O)(=O)c2ccc(F)cc2)C1. The molecule has 0 spiro atoms. The molecule has 1 saturated heterocycles. The van der Waals surface area contributed by atoms with Gasteiger partial charge in [-0.25, -0.2) is 12.8 Å². The molecule has 1 aliphatic heterocycles. The van der Waals surface area contributed by atoms with Crippen LogP contribution in [0.1, 0.15) is 25.3 Å². The molecule has 1 amide bonds. The van der Waals surface area contributed by atoms with E-state index in [1.165, 1.54) is 16.4 Å². The van der Waals surface area contributed by atoms with Crippen molar-refractivity contribution in [2.24, 2.45) is 5.92 Å². The van der Waals surface area contributed by atoms with Gasteiger partial charge in [-0.2, -0.15) is 4.31 Å². The lowest BCUT2D eigenvalue weighted by molar-refractivity contribution is -0.126. The maximum absolute atomic E-state index is 13.2. The number of aromatic amines is 1. The van der Waals surface area contributed by atoms with E-state index in [2.05, 4.69) is 16.4 Å². The number of nitrogens with zero attached hydrogens (tertiary/aromatic N) is 1. The van der Waals surface area contributed by atoms with E-state index < -0.39 is 21.8 Å². The van der Waals surface area contributed by atoms with Crippen molar-refractivity contribution in [1.82, 2.24) is 14.6 Å². The van der Waals surface area contributed by atoms with Gasteiger partial charge in [-0.1, -0.05) is 18.2 Å². The van der Waals surface area contributed by atoms with E-state index in [9.17, 15) is 17.6 Å². The van der Waals surface area contributed by atoms with Crippen molar-refractivity contribution in [2.45, 2.75) is 37.1 Å². The van der Waals surface area contributed by atoms with Crippen LogP contribution in [0.25, 0.3) is 10.9 Å². The number of amides is 1. The second-order valence-corrected chi connectivity index (χ2v) is 10.1. The Balaban J connectivity index is 1.39. The molecule has 0 bridgehead atoms. The standard InChI is InChI=1S/C23H26FN3O3S/c1-16(13-18-14-25-22-7-3-2-6-21(18)22)26-23(28)17-5-4-12-27(15-17)31(29,30)20-10-8-19(24)9-11-20/h2-3,6-11,14,16-17,25H,4-5,12-13,15H2,1H3,(H,26,28)/t16-,17+/m1/s1. The van der Waals surface area contributed by atoms with Crippen molar-refractivity contribution < 1.29 is 17.6 Å². The minimum absolute atomic E-state index is 0.0441. The van der Waals surface area contributed by atoms with Crippen molar-refractivity contribution in [1.29, 1.82) is 0 Å². The fraction of sp³-hybridized carbons (Fsp3) is 0.348. The average Bonchev–Trinajstić information content (AvgIpc) is 3.17. The number of hydrogen-bond acceptors (Lipinski definition) is 3. The summed E-state index contributed by atoms with van der Waals surface area (Å²) >= 11 is 0. The largest absolute Gasteiger partial charge is 0.361 e. The van der Waals surface area contributed by atoms with E-state index >= 15 is 0 Å². The van der Waals surface area contributed by atoms with Gasteiger partial charge in [-0.05, 0) is 62.1 Å². The Labute approximate surface area is 181 Å². The Morgan fingerprint density at radius 1 is 1.23 bits per heavy atom. The number of fused-ring (bicyclic) bond motifs is 1. The molecule has 1 aliphatic rings. The van der Waals surface area contributed by atoms with Gasteiger partial charge < -0.3 is 10.3 Å². The van der Waals surface area contributed by atoms with E-state index in [0.717, 1.165) is 28.6 Å². The fourth-order valence-electron chi connectivity index (χ4n) is 4.17. The maximum atomic E-state index is 13.2. The monoisotopic (exact) mass is 443 g/mol. The quantitative estimate of drug-likeness (QED) is 0.612. The summed E-state index contributed by atoms with van der Waals surface area (Å²) in [6.07, 6.45) is 3.89. The number of carbonyl (C=O) groups excluding carboxylic acids is 1. The van der Waals surface area contributed by atoms with Crippen LogP contribution < -0.4 is 5.32 Å². The van der Waals surface area contributed by atoms with Gasteiger partial charge in [0.05, 0.1) is 10.8 Å². The van der Waals surface area contributed by atoms with Crippen molar-refractivity contribution in [3.63, 3.8) is 0 Å². The van der Waals surface area contributed by atoms with Crippen LogP contribution in [0, 0.1) is 11.7 Å². The molecule has 2 N–H and O–H groups in total. The van der Waals surface area contributed by atoms with Crippen LogP contribution in [-0.2, 0) is 21.2 Å². The van der Waals surface area contributed by atoms with Gasteiger partial charge in [0.15, 0.2) is 0 Å². The van der Waals surface area contributed by atoms with E-state index in [1.807, 2.05) is 31.3 Å². The molecule has 1 aromatic heterocycles. The van der Waals surface area contributed by atoms with Gasteiger partial charge in [0.1, 0.15) is 5.82 Å². The first-order chi connectivity index (χ1) is 14.8. The third-order valence-electron chi connectivity index (χ3n) is 5.80. The molecule has 6 nitrogen and oxygen atoms in total. The summed E-state index contributed by atoms with van der Waals surface area (Å²) in [5.41, 5.74) is 2.19. The number of benzene rings is 2. The number of hydrogen-bond donors (Lipinski definition) is 2. The topological polar surface area (TPSA) is 82.3 Å². The highest BCUT2D eigenvalue weighted by Gasteiger charge is 2.33. The molecular weight excluding hydrogens is 417 g/mol. The highest BCUT2D eigenvalue weighted by atomic mass is 32.2. The summed E-state index contributed by atoms with van der Waals surface area (Å²) in [7, 11) is -3.76. The van der Waals surface area contributed by atoms with E-state index in [-0.39, 0.29) is 23.4 Å². The molecule has 8 heteroatoms. The molecule has 0 unspecified atom stereocenters. The van der Waals surface area contributed by atoms with Crippen molar-refractivity contribution in [3.8, 4) is 0 Å². The van der Waals surface area contributed by atoms with Gasteiger partial charge in [-0.15, -0.1) is 0 Å². The molecule has 2 atom stereocenters. The molecule has 0 aliphatic carbocycles. The molecule has 1 fully saturated rings. The van der Waals surface area contributed by atoms with Gasteiger partial charge in [0.25, 0.3) is 0 Å². The molecular formula is C23H26FN3O3S. The van der Waals surface area contributed by atoms with Crippen molar-refractivity contribution in [3.05, 3.63) is 66.1 Å². The number of piperidine rings is 1. The summed E-state index contributed by atoms with van der Waals surface area (Å²) in [6.45, 7) is 2.44. The van der Waals surface area contributed by atoms with Crippen LogP contribution in [0.3, 0.4) is 0 Å². The Bertz CT molecular complexity index is 1170. The molecule has 0 saturated carbocycles. The maximum Gasteiger partial charge on any atom is 0.243 e. The molecule has 4 rings (SSSR count). The number of halogens is 1. The molecule has 3 aromatic rings. The Kier molecular flexibility index (Phi) is 6.11. The second-order valence-electron chi connectivity index (χ2n) is 8.13. The third-order valence-corrected chi connectivity index (χ3v) is 7.68. The van der Waals surface area contributed by atoms with Gasteiger partial charge >= 0.3 is 0 Å². The fourth-order valence-corrected chi connectivity index (χ4v) is 5.70. The first-order valence-electron chi connectivity index (χ1n) is 10.5. The summed E-state index contributed by atoms with van der Waals surface area (Å²) in [6, 6.07) is 12.7. The molecule has 0 radical (unpaired) electrons. The first kappa shape index (κ1) is 21.5. The summed E-state index contributed by atoms with van der Waals surface area (Å²) in [5.74, 6) is -1.03. The van der Waals surface area contributed by atoms with Gasteiger partial charge in [-0.3, -0.25) is 4.79 Å². The van der Waals surface area contributed by atoms with Crippen LogP contribution in [0.2, 0.25) is 0 Å². The molecule has 2 aromatic carbocycles.